The third kappa shape index (κ3) is 4.11. The maximum atomic E-state index is 11.6. The summed E-state index contributed by atoms with van der Waals surface area (Å²) < 4.78 is 10.7. The molecule has 0 unspecified atom stereocenters. The number of carboxylic acid groups (broad SMARTS) is 1. The Hall–Kier alpha value is -3.53. The number of benzene rings is 3. The molecule has 0 fully saturated rings. The van der Waals surface area contributed by atoms with Gasteiger partial charge in [-0.1, -0.05) is 66.7 Å². The van der Waals surface area contributed by atoms with Gasteiger partial charge in [0.1, 0.15) is 0 Å². The van der Waals surface area contributed by atoms with Gasteiger partial charge in [0.05, 0.1) is 7.11 Å². The Morgan fingerprint density at radius 3 is 2.00 bits per heavy atom. The summed E-state index contributed by atoms with van der Waals surface area (Å²) in [5.74, 6) is -0.506. The highest BCUT2D eigenvalue weighted by Gasteiger charge is 2.13. The van der Waals surface area contributed by atoms with Crippen molar-refractivity contribution in [3.8, 4) is 22.6 Å². The molecule has 0 atom stereocenters. The van der Waals surface area contributed by atoms with E-state index in [0.29, 0.717) is 11.5 Å². The molecular formula is C22H18O4. The smallest absolute Gasteiger partial charge is 0.371 e. The molecule has 3 aromatic carbocycles. The van der Waals surface area contributed by atoms with Gasteiger partial charge in [0.25, 0.3) is 0 Å². The highest BCUT2D eigenvalue weighted by Crippen LogP contribution is 2.28. The largest absolute Gasteiger partial charge is 0.493 e. The van der Waals surface area contributed by atoms with Gasteiger partial charge < -0.3 is 14.6 Å². The van der Waals surface area contributed by atoms with Crippen molar-refractivity contribution in [3.63, 3.8) is 0 Å². The molecule has 4 heteroatoms. The molecule has 0 aromatic heterocycles. The Morgan fingerprint density at radius 2 is 1.38 bits per heavy atom. The van der Waals surface area contributed by atoms with Crippen LogP contribution in [0.2, 0.25) is 0 Å². The quantitative estimate of drug-likeness (QED) is 0.511. The van der Waals surface area contributed by atoms with E-state index in [4.69, 9.17) is 9.47 Å². The monoisotopic (exact) mass is 346 g/mol. The minimum Gasteiger partial charge on any atom is -0.493 e. The number of hydrogen-bond donors (Lipinski definition) is 1. The Morgan fingerprint density at radius 1 is 0.808 bits per heavy atom. The third-order valence-corrected chi connectivity index (χ3v) is 3.82. The normalized spacial score (nSPS) is 11.0. The average molecular weight is 346 g/mol. The van der Waals surface area contributed by atoms with Crippen LogP contribution >= 0.6 is 0 Å². The van der Waals surface area contributed by atoms with Crippen LogP contribution in [-0.4, -0.2) is 18.2 Å². The van der Waals surface area contributed by atoms with Crippen LogP contribution in [0.4, 0.5) is 0 Å². The molecule has 130 valence electrons. The van der Waals surface area contributed by atoms with Crippen molar-refractivity contribution >= 4 is 12.0 Å². The SMILES string of the molecule is COc1ccccc1OC(=Cc1ccc(-c2ccccc2)cc1)C(=O)O. The van der Waals surface area contributed by atoms with Crippen LogP contribution in [0.5, 0.6) is 11.5 Å². The van der Waals surface area contributed by atoms with E-state index in [0.717, 1.165) is 16.7 Å². The van der Waals surface area contributed by atoms with Crippen molar-refractivity contribution in [2.45, 2.75) is 0 Å². The number of para-hydroxylation sites is 2. The second-order valence-electron chi connectivity index (χ2n) is 5.55. The van der Waals surface area contributed by atoms with E-state index in [1.807, 2.05) is 54.6 Å². The maximum absolute atomic E-state index is 11.6. The van der Waals surface area contributed by atoms with Gasteiger partial charge in [-0.3, -0.25) is 0 Å². The van der Waals surface area contributed by atoms with Crippen LogP contribution in [0, 0.1) is 0 Å². The molecule has 0 spiro atoms. The topological polar surface area (TPSA) is 55.8 Å². The minimum atomic E-state index is -1.15. The molecule has 0 aliphatic carbocycles. The van der Waals surface area contributed by atoms with Crippen LogP contribution in [0.25, 0.3) is 17.2 Å². The number of ether oxygens (including phenoxy) is 2. The van der Waals surface area contributed by atoms with E-state index in [1.54, 1.807) is 24.3 Å². The van der Waals surface area contributed by atoms with Gasteiger partial charge in [-0.05, 0) is 34.9 Å². The van der Waals surface area contributed by atoms with Crippen LogP contribution in [0.1, 0.15) is 5.56 Å². The van der Waals surface area contributed by atoms with Crippen LogP contribution in [0.15, 0.2) is 84.6 Å². The van der Waals surface area contributed by atoms with Crippen LogP contribution in [-0.2, 0) is 4.79 Å². The van der Waals surface area contributed by atoms with Gasteiger partial charge in [-0.15, -0.1) is 0 Å². The molecule has 0 saturated carbocycles. The van der Waals surface area contributed by atoms with Crippen LogP contribution in [0.3, 0.4) is 0 Å². The lowest BCUT2D eigenvalue weighted by Gasteiger charge is -2.10. The number of hydrogen-bond acceptors (Lipinski definition) is 3. The van der Waals surface area contributed by atoms with Crippen molar-refractivity contribution in [1.29, 1.82) is 0 Å². The number of rotatable bonds is 6. The highest BCUT2D eigenvalue weighted by atomic mass is 16.5. The summed E-state index contributed by atoms with van der Waals surface area (Å²) in [6.45, 7) is 0. The molecule has 0 heterocycles. The lowest BCUT2D eigenvalue weighted by molar-refractivity contribution is -0.134. The first-order chi connectivity index (χ1) is 12.7. The molecule has 1 N–H and O–H groups in total. The fourth-order valence-electron chi connectivity index (χ4n) is 2.51. The Labute approximate surface area is 151 Å². The van der Waals surface area contributed by atoms with E-state index in [-0.39, 0.29) is 5.76 Å². The molecule has 3 aromatic rings. The molecule has 26 heavy (non-hydrogen) atoms. The van der Waals surface area contributed by atoms with Crippen molar-refractivity contribution in [3.05, 3.63) is 90.2 Å². The zero-order chi connectivity index (χ0) is 18.4. The summed E-state index contributed by atoms with van der Waals surface area (Å²) >= 11 is 0. The van der Waals surface area contributed by atoms with Gasteiger partial charge in [-0.25, -0.2) is 4.79 Å². The van der Waals surface area contributed by atoms with E-state index < -0.39 is 5.97 Å². The second-order valence-corrected chi connectivity index (χ2v) is 5.55. The van der Waals surface area contributed by atoms with Crippen molar-refractivity contribution in [2.75, 3.05) is 7.11 Å². The zero-order valence-electron chi connectivity index (χ0n) is 14.3. The molecule has 4 nitrogen and oxygen atoms in total. The molecule has 0 amide bonds. The fourth-order valence-corrected chi connectivity index (χ4v) is 2.51. The van der Waals surface area contributed by atoms with E-state index in [9.17, 15) is 9.90 Å². The summed E-state index contributed by atoms with van der Waals surface area (Å²) in [6, 6.07) is 24.5. The molecule has 0 saturated heterocycles. The van der Waals surface area contributed by atoms with Gasteiger partial charge in [0.15, 0.2) is 11.5 Å². The van der Waals surface area contributed by atoms with Crippen molar-refractivity contribution in [1.82, 2.24) is 0 Å². The summed E-state index contributed by atoms with van der Waals surface area (Å²) in [5.41, 5.74) is 2.90. The van der Waals surface area contributed by atoms with E-state index in [1.165, 1.54) is 13.2 Å². The zero-order valence-corrected chi connectivity index (χ0v) is 14.3. The Kier molecular flexibility index (Phi) is 5.34. The maximum Gasteiger partial charge on any atom is 0.371 e. The predicted octanol–water partition coefficient (Wildman–Crippen LogP) is 4.87. The molecule has 0 radical (unpaired) electrons. The number of carboxylic acids is 1. The minimum absolute atomic E-state index is 0.179. The average Bonchev–Trinajstić information content (AvgIpc) is 2.69. The first kappa shape index (κ1) is 17.3. The van der Waals surface area contributed by atoms with Gasteiger partial charge in [0, 0.05) is 0 Å². The van der Waals surface area contributed by atoms with Crippen molar-refractivity contribution in [2.24, 2.45) is 0 Å². The molecule has 3 rings (SSSR count). The van der Waals surface area contributed by atoms with Crippen LogP contribution < -0.4 is 9.47 Å². The van der Waals surface area contributed by atoms with Gasteiger partial charge in [0.2, 0.25) is 5.76 Å². The first-order valence-corrected chi connectivity index (χ1v) is 8.09. The standard InChI is InChI=1S/C22H18O4/c1-25-19-9-5-6-10-20(19)26-21(22(23)24)15-16-11-13-18(14-12-16)17-7-3-2-4-8-17/h2-15H,1H3,(H,23,24). The molecular weight excluding hydrogens is 328 g/mol. The molecule has 0 bridgehead atoms. The predicted molar refractivity (Wildman–Crippen MR) is 101 cm³/mol. The Balaban J connectivity index is 1.86. The first-order valence-electron chi connectivity index (χ1n) is 8.09. The molecule has 0 aliphatic heterocycles. The fraction of sp³-hybridized carbons (Fsp3) is 0.0455. The van der Waals surface area contributed by atoms with E-state index >= 15 is 0 Å². The number of carbonyl (C=O) groups is 1. The summed E-state index contributed by atoms with van der Waals surface area (Å²) in [4.78, 5) is 11.6. The van der Waals surface area contributed by atoms with Gasteiger partial charge in [-0.2, -0.15) is 0 Å². The number of aliphatic carboxylic acids is 1. The summed E-state index contributed by atoms with van der Waals surface area (Å²) in [5, 5.41) is 9.46. The van der Waals surface area contributed by atoms with Gasteiger partial charge >= 0.3 is 5.97 Å². The second kappa shape index (κ2) is 8.03. The Bertz CT molecular complexity index is 912. The molecule has 0 aliphatic rings. The number of methoxy groups -OCH3 is 1. The lowest BCUT2D eigenvalue weighted by atomic mass is 10.0. The van der Waals surface area contributed by atoms with Crippen molar-refractivity contribution < 1.29 is 19.4 Å². The summed E-state index contributed by atoms with van der Waals surface area (Å²) in [7, 11) is 1.51. The highest BCUT2D eigenvalue weighted by molar-refractivity contribution is 5.90. The summed E-state index contributed by atoms with van der Waals surface area (Å²) in [6.07, 6.45) is 1.49. The third-order valence-electron chi connectivity index (χ3n) is 3.82. The lowest BCUT2D eigenvalue weighted by Crippen LogP contribution is -2.08. The van der Waals surface area contributed by atoms with E-state index in [2.05, 4.69) is 0 Å².